The van der Waals surface area contributed by atoms with Crippen LogP contribution in [-0.2, 0) is 18.3 Å². The van der Waals surface area contributed by atoms with Gasteiger partial charge in [0.25, 0.3) is 0 Å². The van der Waals surface area contributed by atoms with E-state index in [9.17, 15) is 0 Å². The number of rotatable bonds is 7. The van der Waals surface area contributed by atoms with Crippen LogP contribution in [-0.4, -0.2) is 42.0 Å². The minimum Gasteiger partial charge on any atom is -0.379 e. The summed E-state index contributed by atoms with van der Waals surface area (Å²) in [5, 5.41) is 10.6. The average molecular weight is 267 g/mol. The maximum absolute atomic E-state index is 5.48. The van der Waals surface area contributed by atoms with E-state index in [1.807, 2.05) is 31.6 Å². The maximum Gasteiger partial charge on any atom is 0.191 e. The second-order valence-electron chi connectivity index (χ2n) is 4.57. The Morgan fingerprint density at radius 3 is 2.84 bits per heavy atom. The third-order valence-electron chi connectivity index (χ3n) is 2.65. The van der Waals surface area contributed by atoms with Crippen LogP contribution < -0.4 is 10.6 Å². The van der Waals surface area contributed by atoms with Gasteiger partial charge in [-0.25, -0.2) is 0 Å². The summed E-state index contributed by atoms with van der Waals surface area (Å²) in [5.41, 5.74) is 1.12. The van der Waals surface area contributed by atoms with Crippen LogP contribution in [0.4, 0.5) is 0 Å². The molecule has 1 rings (SSSR count). The van der Waals surface area contributed by atoms with Crippen LogP contribution in [0.25, 0.3) is 0 Å². The Kier molecular flexibility index (Phi) is 6.95. The Hall–Kier alpha value is -1.56. The van der Waals surface area contributed by atoms with Gasteiger partial charge in [0.1, 0.15) is 0 Å². The molecule has 6 nitrogen and oxygen atoms in total. The van der Waals surface area contributed by atoms with E-state index in [-0.39, 0.29) is 0 Å². The number of nitrogens with one attached hydrogen (secondary N) is 2. The predicted octanol–water partition coefficient (Wildman–Crippen LogP) is 0.900. The van der Waals surface area contributed by atoms with Crippen LogP contribution in [0.3, 0.4) is 0 Å². The number of hydrogen-bond acceptors (Lipinski definition) is 3. The summed E-state index contributed by atoms with van der Waals surface area (Å²) in [6.45, 7) is 6.41. The van der Waals surface area contributed by atoms with E-state index in [2.05, 4.69) is 20.7 Å². The van der Waals surface area contributed by atoms with Gasteiger partial charge in [0.2, 0.25) is 0 Å². The topological polar surface area (TPSA) is 63.5 Å². The second kappa shape index (κ2) is 8.53. The molecule has 0 aromatic carbocycles. The molecule has 19 heavy (non-hydrogen) atoms. The molecule has 0 bridgehead atoms. The molecular formula is C13H25N5O. The van der Waals surface area contributed by atoms with Crippen LogP contribution in [0, 0.1) is 0 Å². The van der Waals surface area contributed by atoms with E-state index in [4.69, 9.17) is 4.74 Å². The number of hydrogen-bond donors (Lipinski definition) is 2. The molecule has 0 saturated carbocycles. The Morgan fingerprint density at radius 2 is 2.26 bits per heavy atom. The first-order valence-electron chi connectivity index (χ1n) is 6.66. The first kappa shape index (κ1) is 15.5. The molecular weight excluding hydrogens is 242 g/mol. The fourth-order valence-corrected chi connectivity index (χ4v) is 1.57. The van der Waals surface area contributed by atoms with Crippen molar-refractivity contribution in [3.63, 3.8) is 0 Å². The summed E-state index contributed by atoms with van der Waals surface area (Å²) in [6, 6.07) is 1.98. The van der Waals surface area contributed by atoms with Gasteiger partial charge in [0.15, 0.2) is 5.96 Å². The van der Waals surface area contributed by atoms with E-state index in [1.165, 1.54) is 0 Å². The lowest BCUT2D eigenvalue weighted by molar-refractivity contribution is 0.0776. The van der Waals surface area contributed by atoms with Crippen molar-refractivity contribution < 1.29 is 4.74 Å². The Labute approximate surface area is 115 Å². The predicted molar refractivity (Wildman–Crippen MR) is 77.1 cm³/mol. The van der Waals surface area contributed by atoms with Crippen LogP contribution in [0.1, 0.15) is 26.0 Å². The van der Waals surface area contributed by atoms with E-state index in [0.717, 1.165) is 31.2 Å². The molecule has 0 saturated heterocycles. The summed E-state index contributed by atoms with van der Waals surface area (Å²) in [6.07, 6.45) is 3.04. The number of aromatic nitrogens is 2. The number of aryl methyl sites for hydroxylation is 1. The molecule has 0 unspecified atom stereocenters. The number of guanidine groups is 1. The highest BCUT2D eigenvalue weighted by atomic mass is 16.5. The van der Waals surface area contributed by atoms with Crippen LogP contribution in [0.2, 0.25) is 0 Å². The molecule has 0 aliphatic rings. The molecule has 1 aromatic rings. The molecule has 2 N–H and O–H groups in total. The summed E-state index contributed by atoms with van der Waals surface area (Å²) >= 11 is 0. The van der Waals surface area contributed by atoms with Crippen molar-refractivity contribution in [2.24, 2.45) is 12.0 Å². The second-order valence-corrected chi connectivity index (χ2v) is 4.57. The zero-order valence-corrected chi connectivity index (χ0v) is 12.3. The van der Waals surface area contributed by atoms with Crippen molar-refractivity contribution >= 4 is 5.96 Å². The van der Waals surface area contributed by atoms with Crippen molar-refractivity contribution in [1.82, 2.24) is 20.4 Å². The number of ether oxygens (including phenoxy) is 1. The molecule has 0 fully saturated rings. The molecule has 1 aromatic heterocycles. The van der Waals surface area contributed by atoms with Gasteiger partial charge in [-0.15, -0.1) is 0 Å². The highest BCUT2D eigenvalue weighted by Gasteiger charge is 2.01. The normalized spacial score (nSPS) is 11.9. The van der Waals surface area contributed by atoms with Gasteiger partial charge in [-0.3, -0.25) is 9.67 Å². The fourth-order valence-electron chi connectivity index (χ4n) is 1.57. The molecule has 0 radical (unpaired) electrons. The fraction of sp³-hybridized carbons (Fsp3) is 0.692. The third-order valence-corrected chi connectivity index (χ3v) is 2.65. The molecule has 1 heterocycles. The lowest BCUT2D eigenvalue weighted by Gasteiger charge is -2.12. The molecule has 0 spiro atoms. The molecule has 0 atom stereocenters. The quantitative estimate of drug-likeness (QED) is 0.438. The van der Waals surface area contributed by atoms with Crippen LogP contribution in [0.5, 0.6) is 0 Å². The van der Waals surface area contributed by atoms with Crippen molar-refractivity contribution in [3.8, 4) is 0 Å². The molecule has 0 aliphatic heterocycles. The molecule has 0 amide bonds. The van der Waals surface area contributed by atoms with E-state index < -0.39 is 0 Å². The Balaban J connectivity index is 2.18. The zero-order valence-electron chi connectivity index (χ0n) is 12.3. The van der Waals surface area contributed by atoms with Gasteiger partial charge < -0.3 is 15.4 Å². The number of nitrogens with zero attached hydrogens (tertiary/aromatic N) is 3. The third kappa shape index (κ3) is 6.24. The lowest BCUT2D eigenvalue weighted by atomic mass is 10.4. The van der Waals surface area contributed by atoms with Crippen LogP contribution >= 0.6 is 0 Å². The highest BCUT2D eigenvalue weighted by Crippen LogP contribution is 1.94. The Bertz CT molecular complexity index is 386. The summed E-state index contributed by atoms with van der Waals surface area (Å²) in [7, 11) is 3.69. The monoisotopic (exact) mass is 267 g/mol. The smallest absolute Gasteiger partial charge is 0.191 e. The molecule has 0 aliphatic carbocycles. The molecule has 108 valence electrons. The van der Waals surface area contributed by atoms with E-state index in [0.29, 0.717) is 12.6 Å². The van der Waals surface area contributed by atoms with E-state index in [1.54, 1.807) is 13.2 Å². The largest absolute Gasteiger partial charge is 0.379 e. The zero-order chi connectivity index (χ0) is 14.1. The summed E-state index contributed by atoms with van der Waals surface area (Å²) in [4.78, 5) is 4.17. The van der Waals surface area contributed by atoms with Crippen molar-refractivity contribution in [2.75, 3.05) is 20.2 Å². The number of aliphatic imine (C=N–C) groups is 1. The SMILES string of the molecule is CN=C(NCCCOC(C)C)NCc1ccnn1C. The van der Waals surface area contributed by atoms with Crippen molar-refractivity contribution in [1.29, 1.82) is 0 Å². The first-order valence-corrected chi connectivity index (χ1v) is 6.66. The van der Waals surface area contributed by atoms with E-state index >= 15 is 0 Å². The Morgan fingerprint density at radius 1 is 1.47 bits per heavy atom. The van der Waals surface area contributed by atoms with Gasteiger partial charge in [-0.2, -0.15) is 5.10 Å². The van der Waals surface area contributed by atoms with Crippen molar-refractivity contribution in [2.45, 2.75) is 32.9 Å². The lowest BCUT2D eigenvalue weighted by Crippen LogP contribution is -2.38. The van der Waals surface area contributed by atoms with Crippen LogP contribution in [0.15, 0.2) is 17.3 Å². The van der Waals surface area contributed by atoms with Gasteiger partial charge >= 0.3 is 0 Å². The van der Waals surface area contributed by atoms with Gasteiger partial charge in [-0.05, 0) is 26.3 Å². The highest BCUT2D eigenvalue weighted by molar-refractivity contribution is 5.79. The average Bonchev–Trinajstić information content (AvgIpc) is 2.78. The van der Waals surface area contributed by atoms with Gasteiger partial charge in [0.05, 0.1) is 18.3 Å². The minimum absolute atomic E-state index is 0.294. The summed E-state index contributed by atoms with van der Waals surface area (Å²) < 4.78 is 7.32. The van der Waals surface area contributed by atoms with Crippen molar-refractivity contribution in [3.05, 3.63) is 18.0 Å². The van der Waals surface area contributed by atoms with Gasteiger partial charge in [0, 0.05) is 33.4 Å². The maximum atomic E-state index is 5.48. The first-order chi connectivity index (χ1) is 9.13. The molecule has 6 heteroatoms. The minimum atomic E-state index is 0.294. The summed E-state index contributed by atoms with van der Waals surface area (Å²) in [5.74, 6) is 0.797. The standard InChI is InChI=1S/C13H25N5O/c1-11(2)19-9-5-7-15-13(14-3)16-10-12-6-8-17-18(12)4/h6,8,11H,5,7,9-10H2,1-4H3,(H2,14,15,16). The van der Waals surface area contributed by atoms with Gasteiger partial charge in [-0.1, -0.05) is 0 Å².